The summed E-state index contributed by atoms with van der Waals surface area (Å²) in [7, 11) is 1.75. The van der Waals surface area contributed by atoms with Crippen molar-refractivity contribution in [1.29, 1.82) is 0 Å². The topological polar surface area (TPSA) is 92.2 Å². The van der Waals surface area contributed by atoms with Gasteiger partial charge in [-0.2, -0.15) is 15.0 Å². The molecular weight excluding hydrogens is 270 g/mol. The van der Waals surface area contributed by atoms with Gasteiger partial charge in [0.15, 0.2) is 0 Å². The molecule has 1 aromatic rings. The van der Waals surface area contributed by atoms with Gasteiger partial charge in [-0.25, -0.2) is 0 Å². The summed E-state index contributed by atoms with van der Waals surface area (Å²) in [4.78, 5) is 12.7. The monoisotopic (exact) mass is 295 g/mol. The second-order valence-corrected chi connectivity index (χ2v) is 5.90. The maximum absolute atomic E-state index is 9.64. The van der Waals surface area contributed by atoms with Crippen molar-refractivity contribution in [3.8, 4) is 6.01 Å². The van der Waals surface area contributed by atoms with Crippen LogP contribution in [0.15, 0.2) is 0 Å². The van der Waals surface area contributed by atoms with E-state index in [9.17, 15) is 5.11 Å². The molecule has 2 rings (SSSR count). The molecule has 0 saturated heterocycles. The van der Waals surface area contributed by atoms with Crippen molar-refractivity contribution in [2.45, 2.75) is 45.6 Å². The fourth-order valence-electron chi connectivity index (χ4n) is 2.59. The van der Waals surface area contributed by atoms with E-state index < -0.39 is 0 Å². The summed E-state index contributed by atoms with van der Waals surface area (Å²) >= 11 is 0. The lowest BCUT2D eigenvalue weighted by atomic mass is 9.87. The maximum Gasteiger partial charge on any atom is 0.323 e. The third-order valence-corrected chi connectivity index (χ3v) is 3.80. The van der Waals surface area contributed by atoms with Gasteiger partial charge in [0.25, 0.3) is 0 Å². The molecule has 0 unspecified atom stereocenters. The van der Waals surface area contributed by atoms with Crippen LogP contribution in [-0.2, 0) is 0 Å². The first kappa shape index (κ1) is 15.8. The quantitative estimate of drug-likeness (QED) is 0.704. The largest absolute Gasteiger partial charge is 0.461 e. The average molecular weight is 295 g/mol. The van der Waals surface area contributed by atoms with Gasteiger partial charge >= 0.3 is 6.01 Å². The standard InChI is InChI=1S/C14H25N5O2/c1-10(2)21-13-18-11(15-3)17-12(19-13)16-8-14(9-20)6-4-5-7-14/h10,20H,4-9H2,1-3H3,(H2,15,16,17,18,19). The lowest BCUT2D eigenvalue weighted by Gasteiger charge is -2.26. The van der Waals surface area contributed by atoms with E-state index in [1.54, 1.807) is 7.05 Å². The van der Waals surface area contributed by atoms with Crippen LogP contribution in [0.2, 0.25) is 0 Å². The van der Waals surface area contributed by atoms with Gasteiger partial charge in [0.2, 0.25) is 11.9 Å². The molecule has 0 bridgehead atoms. The Labute approximate surface area is 125 Å². The van der Waals surface area contributed by atoms with Gasteiger partial charge in [0.1, 0.15) is 0 Å². The fourth-order valence-corrected chi connectivity index (χ4v) is 2.59. The molecule has 0 aliphatic heterocycles. The molecule has 1 aliphatic rings. The van der Waals surface area contributed by atoms with Crippen LogP contribution >= 0.6 is 0 Å². The molecule has 0 amide bonds. The number of hydrogen-bond donors (Lipinski definition) is 3. The Morgan fingerprint density at radius 3 is 2.43 bits per heavy atom. The zero-order valence-electron chi connectivity index (χ0n) is 13.0. The average Bonchev–Trinajstić information content (AvgIpc) is 2.93. The Bertz CT molecular complexity index is 461. The zero-order chi connectivity index (χ0) is 15.3. The van der Waals surface area contributed by atoms with Crippen LogP contribution in [0.4, 0.5) is 11.9 Å². The molecule has 21 heavy (non-hydrogen) atoms. The number of anilines is 2. The predicted molar refractivity (Wildman–Crippen MR) is 81.6 cm³/mol. The second-order valence-electron chi connectivity index (χ2n) is 5.90. The molecule has 1 heterocycles. The molecule has 0 aromatic carbocycles. The molecule has 1 aromatic heterocycles. The lowest BCUT2D eigenvalue weighted by molar-refractivity contribution is 0.142. The van der Waals surface area contributed by atoms with Gasteiger partial charge in [0.05, 0.1) is 12.7 Å². The molecule has 0 spiro atoms. The Morgan fingerprint density at radius 1 is 1.19 bits per heavy atom. The summed E-state index contributed by atoms with van der Waals surface area (Å²) in [6.45, 7) is 4.71. The number of aliphatic hydroxyl groups is 1. The van der Waals surface area contributed by atoms with E-state index in [-0.39, 0.29) is 18.1 Å². The van der Waals surface area contributed by atoms with E-state index in [1.807, 2.05) is 13.8 Å². The Morgan fingerprint density at radius 2 is 1.86 bits per heavy atom. The summed E-state index contributed by atoms with van der Waals surface area (Å²) in [6, 6.07) is 0.302. The maximum atomic E-state index is 9.64. The van der Waals surface area contributed by atoms with Crippen molar-refractivity contribution in [3.63, 3.8) is 0 Å². The highest BCUT2D eigenvalue weighted by Crippen LogP contribution is 2.37. The van der Waals surface area contributed by atoms with Crippen LogP contribution in [0.3, 0.4) is 0 Å². The molecule has 3 N–H and O–H groups in total. The number of hydrogen-bond acceptors (Lipinski definition) is 7. The van der Waals surface area contributed by atoms with Crippen LogP contribution in [0, 0.1) is 5.41 Å². The van der Waals surface area contributed by atoms with Crippen molar-refractivity contribution in [2.24, 2.45) is 5.41 Å². The van der Waals surface area contributed by atoms with Crippen molar-refractivity contribution in [1.82, 2.24) is 15.0 Å². The van der Waals surface area contributed by atoms with E-state index in [4.69, 9.17) is 4.74 Å². The molecule has 1 fully saturated rings. The summed E-state index contributed by atoms with van der Waals surface area (Å²) in [5, 5.41) is 15.8. The van der Waals surface area contributed by atoms with E-state index in [2.05, 4.69) is 25.6 Å². The molecule has 0 radical (unpaired) electrons. The molecule has 1 saturated carbocycles. The molecule has 0 atom stereocenters. The first-order valence-corrected chi connectivity index (χ1v) is 7.52. The molecular formula is C14H25N5O2. The predicted octanol–water partition coefficient (Wildman–Crippen LogP) is 1.67. The minimum absolute atomic E-state index is 0.00331. The normalized spacial score (nSPS) is 17.0. The highest BCUT2D eigenvalue weighted by Gasteiger charge is 2.33. The highest BCUT2D eigenvalue weighted by molar-refractivity contribution is 5.35. The number of aromatic nitrogens is 3. The first-order valence-electron chi connectivity index (χ1n) is 7.52. The summed E-state index contributed by atoms with van der Waals surface area (Å²) < 4.78 is 5.53. The number of rotatable bonds is 7. The van der Waals surface area contributed by atoms with E-state index >= 15 is 0 Å². The Balaban J connectivity index is 2.07. The number of nitrogens with zero attached hydrogens (tertiary/aromatic N) is 3. The second kappa shape index (κ2) is 6.89. The van der Waals surface area contributed by atoms with Crippen LogP contribution in [-0.4, -0.2) is 46.4 Å². The van der Waals surface area contributed by atoms with Gasteiger partial charge in [-0.3, -0.25) is 0 Å². The van der Waals surface area contributed by atoms with Gasteiger partial charge < -0.3 is 20.5 Å². The van der Waals surface area contributed by atoms with E-state index in [1.165, 1.54) is 12.8 Å². The van der Waals surface area contributed by atoms with Crippen molar-refractivity contribution in [3.05, 3.63) is 0 Å². The van der Waals surface area contributed by atoms with Gasteiger partial charge in [-0.05, 0) is 26.7 Å². The van der Waals surface area contributed by atoms with Crippen LogP contribution in [0.25, 0.3) is 0 Å². The minimum Gasteiger partial charge on any atom is -0.461 e. The number of aliphatic hydroxyl groups excluding tert-OH is 1. The van der Waals surface area contributed by atoms with Gasteiger partial charge in [0, 0.05) is 19.0 Å². The number of nitrogens with one attached hydrogen (secondary N) is 2. The zero-order valence-corrected chi connectivity index (χ0v) is 13.0. The molecule has 7 heteroatoms. The Kier molecular flexibility index (Phi) is 5.17. The number of ether oxygens (including phenoxy) is 1. The highest BCUT2D eigenvalue weighted by atomic mass is 16.5. The van der Waals surface area contributed by atoms with Gasteiger partial charge in [-0.15, -0.1) is 0 Å². The van der Waals surface area contributed by atoms with Gasteiger partial charge in [-0.1, -0.05) is 12.8 Å². The SMILES string of the molecule is CNc1nc(NCC2(CO)CCCC2)nc(OC(C)C)n1. The van der Waals surface area contributed by atoms with E-state index in [0.717, 1.165) is 12.8 Å². The van der Waals surface area contributed by atoms with Crippen molar-refractivity contribution in [2.75, 3.05) is 30.8 Å². The van der Waals surface area contributed by atoms with Crippen LogP contribution in [0.5, 0.6) is 6.01 Å². The third kappa shape index (κ3) is 4.17. The summed E-state index contributed by atoms with van der Waals surface area (Å²) in [6.07, 6.45) is 4.42. The molecule has 1 aliphatic carbocycles. The van der Waals surface area contributed by atoms with Crippen LogP contribution < -0.4 is 15.4 Å². The van der Waals surface area contributed by atoms with E-state index in [0.29, 0.717) is 24.5 Å². The fraction of sp³-hybridized carbons (Fsp3) is 0.786. The smallest absolute Gasteiger partial charge is 0.323 e. The molecule has 7 nitrogen and oxygen atoms in total. The summed E-state index contributed by atoms with van der Waals surface area (Å²) in [5.74, 6) is 0.942. The first-order chi connectivity index (χ1) is 10.1. The molecule has 118 valence electrons. The van der Waals surface area contributed by atoms with Crippen molar-refractivity contribution < 1.29 is 9.84 Å². The summed E-state index contributed by atoms with van der Waals surface area (Å²) in [5.41, 5.74) is -0.0501. The lowest BCUT2D eigenvalue weighted by Crippen LogP contribution is -2.31. The van der Waals surface area contributed by atoms with Crippen LogP contribution in [0.1, 0.15) is 39.5 Å². The third-order valence-electron chi connectivity index (χ3n) is 3.80. The minimum atomic E-state index is -0.0501. The van der Waals surface area contributed by atoms with Crippen molar-refractivity contribution >= 4 is 11.9 Å². The Hall–Kier alpha value is -1.63.